The summed E-state index contributed by atoms with van der Waals surface area (Å²) in [6.45, 7) is 8.20. The molecule has 3 heterocycles. The Bertz CT molecular complexity index is 476. The van der Waals surface area contributed by atoms with Crippen LogP contribution in [0.25, 0.3) is 0 Å². The second kappa shape index (κ2) is 4.50. The van der Waals surface area contributed by atoms with E-state index in [1.807, 2.05) is 0 Å². The number of nitrogens with one attached hydrogen (secondary N) is 1. The summed E-state index contributed by atoms with van der Waals surface area (Å²) in [5, 5.41) is 3.50. The molecule has 1 aromatic carbocycles. The predicted molar refractivity (Wildman–Crippen MR) is 75.6 cm³/mol. The minimum Gasteiger partial charge on any atom is -0.488 e. The maximum Gasteiger partial charge on any atom is 0.123 e. The Labute approximate surface area is 114 Å². The fourth-order valence-corrected chi connectivity index (χ4v) is 3.94. The van der Waals surface area contributed by atoms with Gasteiger partial charge in [0.05, 0.1) is 0 Å². The number of ether oxygens (including phenoxy) is 1. The van der Waals surface area contributed by atoms with Crippen molar-refractivity contribution in [2.24, 2.45) is 11.8 Å². The molecule has 3 unspecified atom stereocenters. The highest BCUT2D eigenvalue weighted by Crippen LogP contribution is 2.32. The van der Waals surface area contributed by atoms with Crippen LogP contribution >= 0.6 is 0 Å². The Morgan fingerprint density at radius 1 is 1.26 bits per heavy atom. The van der Waals surface area contributed by atoms with Crippen molar-refractivity contribution < 1.29 is 4.74 Å². The topological polar surface area (TPSA) is 24.5 Å². The SMILES string of the molecule is Cc1ccc2c(c1)CC(CN1CC3CNCC3C1)O2. The number of benzene rings is 1. The minimum atomic E-state index is 0.364. The lowest BCUT2D eigenvalue weighted by molar-refractivity contribution is 0.162. The van der Waals surface area contributed by atoms with Crippen molar-refractivity contribution in [1.29, 1.82) is 0 Å². The van der Waals surface area contributed by atoms with Crippen molar-refractivity contribution in [3.05, 3.63) is 29.3 Å². The third-order valence-electron chi connectivity index (χ3n) is 4.88. The maximum atomic E-state index is 6.09. The van der Waals surface area contributed by atoms with Crippen LogP contribution < -0.4 is 10.1 Å². The largest absolute Gasteiger partial charge is 0.488 e. The smallest absolute Gasteiger partial charge is 0.123 e. The first-order valence-corrected chi connectivity index (χ1v) is 7.47. The lowest BCUT2D eigenvalue weighted by Crippen LogP contribution is -2.35. The zero-order valence-electron chi connectivity index (χ0n) is 11.6. The van der Waals surface area contributed by atoms with Crippen LogP contribution in [0, 0.1) is 18.8 Å². The highest BCUT2D eigenvalue weighted by Gasteiger charge is 2.37. The van der Waals surface area contributed by atoms with Gasteiger partial charge < -0.3 is 10.1 Å². The van der Waals surface area contributed by atoms with Gasteiger partial charge in [0.15, 0.2) is 0 Å². The highest BCUT2D eigenvalue weighted by molar-refractivity contribution is 5.40. The van der Waals surface area contributed by atoms with Crippen molar-refractivity contribution in [2.75, 3.05) is 32.7 Å². The molecular formula is C16H22N2O. The summed E-state index contributed by atoms with van der Waals surface area (Å²) in [6, 6.07) is 6.55. The lowest BCUT2D eigenvalue weighted by atomic mass is 10.0. The number of rotatable bonds is 2. The number of likely N-dealkylation sites (tertiary alicyclic amines) is 1. The Morgan fingerprint density at radius 3 is 2.84 bits per heavy atom. The summed E-state index contributed by atoms with van der Waals surface area (Å²) in [4.78, 5) is 2.61. The summed E-state index contributed by atoms with van der Waals surface area (Å²) < 4.78 is 6.09. The second-order valence-electron chi connectivity index (χ2n) is 6.45. The van der Waals surface area contributed by atoms with E-state index < -0.39 is 0 Å². The predicted octanol–water partition coefficient (Wildman–Crippen LogP) is 1.45. The fourth-order valence-electron chi connectivity index (χ4n) is 3.94. The third-order valence-corrected chi connectivity index (χ3v) is 4.88. The van der Waals surface area contributed by atoms with Crippen LogP contribution in [0.15, 0.2) is 18.2 Å². The van der Waals surface area contributed by atoms with Crippen LogP contribution in [0.5, 0.6) is 5.75 Å². The number of aryl methyl sites for hydroxylation is 1. The second-order valence-corrected chi connectivity index (χ2v) is 6.45. The van der Waals surface area contributed by atoms with Gasteiger partial charge in [-0.2, -0.15) is 0 Å². The Morgan fingerprint density at radius 2 is 2.05 bits per heavy atom. The first-order chi connectivity index (χ1) is 9.28. The van der Waals surface area contributed by atoms with Crippen molar-refractivity contribution >= 4 is 0 Å². The van der Waals surface area contributed by atoms with Gasteiger partial charge in [0, 0.05) is 26.1 Å². The Kier molecular flexibility index (Phi) is 2.78. The summed E-state index contributed by atoms with van der Waals surface area (Å²) in [6.07, 6.45) is 1.45. The lowest BCUT2D eigenvalue weighted by Gasteiger charge is -2.21. The molecule has 2 fully saturated rings. The Hall–Kier alpha value is -1.06. The van der Waals surface area contributed by atoms with Crippen LogP contribution in [0.3, 0.4) is 0 Å². The van der Waals surface area contributed by atoms with Crippen molar-refractivity contribution in [3.63, 3.8) is 0 Å². The van der Waals surface area contributed by atoms with E-state index >= 15 is 0 Å². The van der Waals surface area contributed by atoms with Crippen molar-refractivity contribution in [2.45, 2.75) is 19.4 Å². The Balaban J connectivity index is 1.38. The molecule has 1 aromatic rings. The summed E-state index contributed by atoms with van der Waals surface area (Å²) >= 11 is 0. The van der Waals surface area contributed by atoms with Gasteiger partial charge in [-0.25, -0.2) is 0 Å². The van der Waals surface area contributed by atoms with Crippen LogP contribution in [0.2, 0.25) is 0 Å². The van der Waals surface area contributed by atoms with Crippen LogP contribution in [-0.4, -0.2) is 43.7 Å². The number of hydrogen-bond donors (Lipinski definition) is 1. The van der Waals surface area contributed by atoms with Gasteiger partial charge in [-0.1, -0.05) is 17.7 Å². The fraction of sp³-hybridized carbons (Fsp3) is 0.625. The van der Waals surface area contributed by atoms with E-state index in [1.54, 1.807) is 0 Å². The molecule has 0 spiro atoms. The summed E-state index contributed by atoms with van der Waals surface area (Å²) in [5.41, 5.74) is 2.73. The van der Waals surface area contributed by atoms with E-state index in [4.69, 9.17) is 4.74 Å². The summed E-state index contributed by atoms with van der Waals surface area (Å²) in [5.74, 6) is 2.87. The van der Waals surface area contributed by atoms with Crippen LogP contribution in [0.4, 0.5) is 0 Å². The quantitative estimate of drug-likeness (QED) is 0.869. The molecule has 4 rings (SSSR count). The molecule has 3 atom stereocenters. The number of fused-ring (bicyclic) bond motifs is 2. The molecule has 19 heavy (non-hydrogen) atoms. The van der Waals surface area contributed by atoms with Crippen LogP contribution in [0.1, 0.15) is 11.1 Å². The minimum absolute atomic E-state index is 0.364. The molecule has 3 heteroatoms. The highest BCUT2D eigenvalue weighted by atomic mass is 16.5. The molecule has 2 saturated heterocycles. The monoisotopic (exact) mass is 258 g/mol. The van der Waals surface area contributed by atoms with Crippen LogP contribution in [-0.2, 0) is 6.42 Å². The molecule has 3 aliphatic rings. The maximum absolute atomic E-state index is 6.09. The molecule has 0 amide bonds. The molecule has 0 bridgehead atoms. The summed E-state index contributed by atoms with van der Waals surface area (Å²) in [7, 11) is 0. The first-order valence-electron chi connectivity index (χ1n) is 7.47. The molecule has 102 valence electrons. The van der Waals surface area contributed by atoms with E-state index in [0.717, 1.165) is 30.6 Å². The average molecular weight is 258 g/mol. The van der Waals surface area contributed by atoms with E-state index in [1.165, 1.54) is 37.3 Å². The molecule has 0 radical (unpaired) electrons. The van der Waals surface area contributed by atoms with Gasteiger partial charge in [-0.05, 0) is 43.5 Å². The van der Waals surface area contributed by atoms with Crippen molar-refractivity contribution in [3.8, 4) is 5.75 Å². The molecule has 0 saturated carbocycles. The van der Waals surface area contributed by atoms with Gasteiger partial charge in [-0.15, -0.1) is 0 Å². The number of hydrogen-bond acceptors (Lipinski definition) is 3. The van der Waals surface area contributed by atoms with Gasteiger partial charge in [0.2, 0.25) is 0 Å². The van der Waals surface area contributed by atoms with E-state index in [2.05, 4.69) is 35.3 Å². The van der Waals surface area contributed by atoms with Crippen molar-refractivity contribution in [1.82, 2.24) is 10.2 Å². The zero-order chi connectivity index (χ0) is 12.8. The number of nitrogens with zero attached hydrogens (tertiary/aromatic N) is 1. The van der Waals surface area contributed by atoms with Gasteiger partial charge in [0.25, 0.3) is 0 Å². The normalized spacial score (nSPS) is 33.2. The van der Waals surface area contributed by atoms with Gasteiger partial charge in [0.1, 0.15) is 11.9 Å². The van der Waals surface area contributed by atoms with E-state index in [-0.39, 0.29) is 0 Å². The molecular weight excluding hydrogens is 236 g/mol. The average Bonchev–Trinajstić information content (AvgIpc) is 3.01. The molecule has 1 N–H and O–H groups in total. The molecule has 3 aliphatic heterocycles. The molecule has 3 nitrogen and oxygen atoms in total. The van der Waals surface area contributed by atoms with Gasteiger partial charge in [-0.3, -0.25) is 4.90 Å². The molecule has 0 aliphatic carbocycles. The first kappa shape index (κ1) is 11.7. The van der Waals surface area contributed by atoms with E-state index in [9.17, 15) is 0 Å². The standard InChI is InChI=1S/C16H22N2O/c1-11-2-3-16-12(4-11)5-15(19-16)10-18-8-13-6-17-7-14(13)9-18/h2-4,13-15,17H,5-10H2,1H3. The zero-order valence-corrected chi connectivity index (χ0v) is 11.6. The third kappa shape index (κ3) is 2.15. The van der Waals surface area contributed by atoms with Gasteiger partial charge >= 0.3 is 0 Å². The van der Waals surface area contributed by atoms with E-state index in [0.29, 0.717) is 6.10 Å². The molecule has 0 aromatic heterocycles.